The number of anilines is 2. The number of ether oxygens (including phenoxy) is 1. The van der Waals surface area contributed by atoms with Gasteiger partial charge in [0.2, 0.25) is 5.91 Å². The van der Waals surface area contributed by atoms with E-state index in [-0.39, 0.29) is 24.0 Å². The summed E-state index contributed by atoms with van der Waals surface area (Å²) >= 11 is 0. The number of nitrogens with one attached hydrogen (secondary N) is 3. The maximum Gasteiger partial charge on any atom is 0.418 e. The van der Waals surface area contributed by atoms with Crippen LogP contribution in [0.15, 0.2) is 18.2 Å². The van der Waals surface area contributed by atoms with Gasteiger partial charge in [-0.15, -0.1) is 0 Å². The lowest BCUT2D eigenvalue weighted by Crippen LogP contribution is -2.35. The Morgan fingerprint density at radius 2 is 2.04 bits per heavy atom. The molecule has 3 N–H and O–H groups in total. The van der Waals surface area contributed by atoms with Gasteiger partial charge in [-0.05, 0) is 31.0 Å². The highest BCUT2D eigenvalue weighted by atomic mass is 19.4. The fourth-order valence-electron chi connectivity index (χ4n) is 2.35. The number of hydrogen-bond donors (Lipinski definition) is 3. The summed E-state index contributed by atoms with van der Waals surface area (Å²) < 4.78 is 44.8. The van der Waals surface area contributed by atoms with Crippen LogP contribution in [0.5, 0.6) is 0 Å². The van der Waals surface area contributed by atoms with Crippen LogP contribution in [-0.4, -0.2) is 31.2 Å². The Bertz CT molecular complexity index is 614. The third kappa shape index (κ3) is 5.12. The molecule has 0 aromatic heterocycles. The first kappa shape index (κ1) is 18.1. The van der Waals surface area contributed by atoms with Crippen LogP contribution in [0.3, 0.4) is 0 Å². The van der Waals surface area contributed by atoms with Crippen molar-refractivity contribution in [3.05, 3.63) is 23.8 Å². The van der Waals surface area contributed by atoms with E-state index in [1.165, 1.54) is 13.0 Å². The van der Waals surface area contributed by atoms with E-state index in [1.54, 1.807) is 0 Å². The van der Waals surface area contributed by atoms with Gasteiger partial charge in [-0.25, -0.2) is 4.79 Å². The molecule has 1 saturated heterocycles. The monoisotopic (exact) mass is 345 g/mol. The second-order valence-electron chi connectivity index (χ2n) is 5.41. The number of halogens is 3. The minimum absolute atomic E-state index is 0.000129. The van der Waals surface area contributed by atoms with Gasteiger partial charge >= 0.3 is 12.2 Å². The summed E-state index contributed by atoms with van der Waals surface area (Å²) in [5, 5.41) is 6.95. The Labute approximate surface area is 136 Å². The van der Waals surface area contributed by atoms with Crippen molar-refractivity contribution in [2.45, 2.75) is 32.0 Å². The molecule has 6 nitrogen and oxygen atoms in total. The average molecular weight is 345 g/mol. The standard InChI is InChI=1S/C15H18F3N3O3/c1-9(22)20-10-4-5-13(12(7-10)15(16,17)18)21-14(23)19-8-11-3-2-6-24-11/h4-5,7,11H,2-3,6,8H2,1H3,(H,20,22)(H2,19,21,23). The Morgan fingerprint density at radius 3 is 2.62 bits per heavy atom. The number of alkyl halides is 3. The summed E-state index contributed by atoms with van der Waals surface area (Å²) in [5.41, 5.74) is -1.43. The zero-order valence-electron chi connectivity index (χ0n) is 13.0. The van der Waals surface area contributed by atoms with Crippen molar-refractivity contribution in [1.82, 2.24) is 5.32 Å². The van der Waals surface area contributed by atoms with E-state index in [9.17, 15) is 22.8 Å². The molecule has 1 aromatic carbocycles. The Balaban J connectivity index is 2.07. The number of benzene rings is 1. The highest BCUT2D eigenvalue weighted by molar-refractivity contribution is 5.92. The number of rotatable bonds is 4. The lowest BCUT2D eigenvalue weighted by atomic mass is 10.1. The highest BCUT2D eigenvalue weighted by Crippen LogP contribution is 2.36. The normalized spacial score (nSPS) is 17.4. The number of amides is 3. The van der Waals surface area contributed by atoms with Gasteiger partial charge < -0.3 is 20.7 Å². The van der Waals surface area contributed by atoms with E-state index >= 15 is 0 Å². The van der Waals surface area contributed by atoms with E-state index in [0.717, 1.165) is 25.0 Å². The molecular formula is C15H18F3N3O3. The van der Waals surface area contributed by atoms with Crippen molar-refractivity contribution in [2.24, 2.45) is 0 Å². The zero-order chi connectivity index (χ0) is 17.7. The van der Waals surface area contributed by atoms with Gasteiger partial charge in [0.05, 0.1) is 17.4 Å². The minimum Gasteiger partial charge on any atom is -0.376 e. The molecule has 0 aliphatic carbocycles. The van der Waals surface area contributed by atoms with Crippen LogP contribution in [0.1, 0.15) is 25.3 Å². The molecule has 1 fully saturated rings. The summed E-state index contributed by atoms with van der Waals surface area (Å²) in [4.78, 5) is 22.8. The molecule has 3 amide bonds. The maximum absolute atomic E-state index is 13.1. The zero-order valence-corrected chi connectivity index (χ0v) is 13.0. The highest BCUT2D eigenvalue weighted by Gasteiger charge is 2.34. The van der Waals surface area contributed by atoms with Crippen molar-refractivity contribution < 1.29 is 27.5 Å². The van der Waals surface area contributed by atoms with E-state index < -0.39 is 23.7 Å². The van der Waals surface area contributed by atoms with Gasteiger partial charge in [0, 0.05) is 25.8 Å². The fourth-order valence-corrected chi connectivity index (χ4v) is 2.35. The lowest BCUT2D eigenvalue weighted by Gasteiger charge is -2.16. The molecule has 1 atom stereocenters. The molecule has 0 spiro atoms. The van der Waals surface area contributed by atoms with Crippen molar-refractivity contribution >= 4 is 23.3 Å². The predicted molar refractivity (Wildman–Crippen MR) is 81.7 cm³/mol. The predicted octanol–water partition coefficient (Wildman–Crippen LogP) is 2.96. The first-order chi connectivity index (χ1) is 11.3. The van der Waals surface area contributed by atoms with Gasteiger partial charge in [0.1, 0.15) is 0 Å². The van der Waals surface area contributed by atoms with Crippen LogP contribution in [0.2, 0.25) is 0 Å². The van der Waals surface area contributed by atoms with Gasteiger partial charge in [-0.2, -0.15) is 13.2 Å². The van der Waals surface area contributed by atoms with Crippen LogP contribution in [0.25, 0.3) is 0 Å². The average Bonchev–Trinajstić information content (AvgIpc) is 2.98. The largest absolute Gasteiger partial charge is 0.418 e. The number of hydrogen-bond acceptors (Lipinski definition) is 3. The van der Waals surface area contributed by atoms with Crippen molar-refractivity contribution in [3.8, 4) is 0 Å². The lowest BCUT2D eigenvalue weighted by molar-refractivity contribution is -0.137. The maximum atomic E-state index is 13.1. The van der Waals surface area contributed by atoms with Crippen molar-refractivity contribution in [2.75, 3.05) is 23.8 Å². The van der Waals surface area contributed by atoms with Crippen LogP contribution in [0.4, 0.5) is 29.3 Å². The molecule has 1 heterocycles. The third-order valence-corrected chi connectivity index (χ3v) is 3.41. The topological polar surface area (TPSA) is 79.5 Å². The molecule has 1 unspecified atom stereocenters. The fraction of sp³-hybridized carbons (Fsp3) is 0.467. The molecule has 0 bridgehead atoms. The molecular weight excluding hydrogens is 327 g/mol. The Morgan fingerprint density at radius 1 is 1.29 bits per heavy atom. The molecule has 2 rings (SSSR count). The summed E-state index contributed by atoms with van der Waals surface area (Å²) in [6, 6.07) is 2.41. The minimum atomic E-state index is -4.67. The smallest absolute Gasteiger partial charge is 0.376 e. The SMILES string of the molecule is CC(=O)Nc1ccc(NC(=O)NCC2CCCO2)c(C(F)(F)F)c1. The molecule has 9 heteroatoms. The molecule has 1 aromatic rings. The molecule has 24 heavy (non-hydrogen) atoms. The summed E-state index contributed by atoms with van der Waals surface area (Å²) in [6.07, 6.45) is -3.08. The first-order valence-electron chi connectivity index (χ1n) is 7.41. The van der Waals surface area contributed by atoms with E-state index in [1.807, 2.05) is 0 Å². The quantitative estimate of drug-likeness (QED) is 0.785. The van der Waals surface area contributed by atoms with E-state index in [0.29, 0.717) is 6.61 Å². The number of carbonyl (C=O) groups is 2. The summed E-state index contributed by atoms with van der Waals surface area (Å²) in [7, 11) is 0. The summed E-state index contributed by atoms with van der Waals surface area (Å²) in [5.74, 6) is -0.488. The first-order valence-corrected chi connectivity index (χ1v) is 7.41. The van der Waals surface area contributed by atoms with Crippen molar-refractivity contribution in [3.63, 3.8) is 0 Å². The molecule has 1 aliphatic heterocycles. The molecule has 1 aliphatic rings. The van der Waals surface area contributed by atoms with E-state index in [2.05, 4.69) is 16.0 Å². The molecule has 0 saturated carbocycles. The second kappa shape index (κ2) is 7.52. The van der Waals surface area contributed by atoms with Crippen molar-refractivity contribution in [1.29, 1.82) is 0 Å². The number of carbonyl (C=O) groups excluding carboxylic acids is 2. The molecule has 132 valence electrons. The van der Waals surface area contributed by atoms with Gasteiger partial charge in [0.25, 0.3) is 0 Å². The Kier molecular flexibility index (Phi) is 5.66. The third-order valence-electron chi connectivity index (χ3n) is 3.41. The second-order valence-corrected chi connectivity index (χ2v) is 5.41. The van der Waals surface area contributed by atoms with Crippen LogP contribution < -0.4 is 16.0 Å². The van der Waals surface area contributed by atoms with Crippen LogP contribution >= 0.6 is 0 Å². The van der Waals surface area contributed by atoms with Gasteiger partial charge in [-0.1, -0.05) is 0 Å². The molecule has 0 radical (unpaired) electrons. The summed E-state index contributed by atoms with van der Waals surface area (Å²) in [6.45, 7) is 2.05. The van der Waals surface area contributed by atoms with Crippen LogP contribution in [-0.2, 0) is 15.7 Å². The Hall–Kier alpha value is -2.29. The van der Waals surface area contributed by atoms with Crippen LogP contribution in [0, 0.1) is 0 Å². The number of urea groups is 1. The van der Waals surface area contributed by atoms with Gasteiger partial charge in [-0.3, -0.25) is 4.79 Å². The van der Waals surface area contributed by atoms with E-state index in [4.69, 9.17) is 4.74 Å². The van der Waals surface area contributed by atoms with Gasteiger partial charge in [0.15, 0.2) is 0 Å².